The van der Waals surface area contributed by atoms with Crippen LogP contribution in [-0.4, -0.2) is 219 Å². The molecule has 6 heterocycles. The number of amides is 7. The van der Waals surface area contributed by atoms with E-state index in [1.54, 1.807) is 81.7 Å². The number of nitrogens with zero attached hydrogens (tertiary/aromatic N) is 14. The molecule has 6 aromatic carbocycles. The zero-order valence-corrected chi connectivity index (χ0v) is 65.4. The van der Waals surface area contributed by atoms with Gasteiger partial charge in [0.25, 0.3) is 0 Å². The maximum absolute atomic E-state index is 16.5. The summed E-state index contributed by atoms with van der Waals surface area (Å²) in [5.74, 6) is -2.02. The molecule has 15 rings (SSSR count). The maximum atomic E-state index is 16.5. The van der Waals surface area contributed by atoms with E-state index in [-0.39, 0.29) is 116 Å². The largest absolute Gasteiger partial charge is 0.512 e. The van der Waals surface area contributed by atoms with E-state index in [0.29, 0.717) is 137 Å². The van der Waals surface area contributed by atoms with Crippen LogP contribution in [0.4, 0.5) is 40.2 Å². The Labute approximate surface area is 669 Å². The number of aromatic nitrogens is 6. The Balaban J connectivity index is 0.000000150. The number of hydrogen-bond acceptors (Lipinski definition) is 19. The third-order valence-electron chi connectivity index (χ3n) is 21.0. The first-order valence-electron chi connectivity index (χ1n) is 37.1. The van der Waals surface area contributed by atoms with Gasteiger partial charge in [0.05, 0.1) is 30.1 Å². The Morgan fingerprint density at radius 3 is 1.17 bits per heavy atom. The standard InChI is InChI=1S/2C28H30ClFN6O4.C26H24ClFN4O2/c2*1-34(2)22(38)7-12-40-28-32-25-20(26(33-28)35-8-10-36(11-9-35)27(31)39)15-21(29)23(24(25)30)19-14-17(37)13-16-5-3-4-6-18(16)19;1-2-5-22(34)31-8-10-32(11-9-31)26-20-14-21(27)23(24(28)25(20)29-15-30-26)19-13-17(33)12-16-6-3-4-7-18(16)19/h2*3-6,14-15,19,37H,7-13H2,1-2H3,(H2,31,39);2-7,13-15,19,33H,8-12H2,1H3/b;;5-2+/t3*19-/m111/s1. The molecule has 3 aromatic heterocycles. The summed E-state index contributed by atoms with van der Waals surface area (Å²) in [6.07, 6.45) is 10.8. The summed E-state index contributed by atoms with van der Waals surface area (Å²) in [4.78, 5) is 99.7. The first-order chi connectivity index (χ1) is 54.7. The van der Waals surface area contributed by atoms with Crippen molar-refractivity contribution in [3.8, 4) is 12.0 Å². The van der Waals surface area contributed by atoms with Crippen molar-refractivity contribution >= 4 is 115 Å². The van der Waals surface area contributed by atoms with Crippen molar-refractivity contribution in [2.75, 3.05) is 135 Å². The third kappa shape index (κ3) is 17.1. The quantitative estimate of drug-likeness (QED) is 0.0595. The number of benzene rings is 6. The van der Waals surface area contributed by atoms with Crippen LogP contribution >= 0.6 is 34.8 Å². The summed E-state index contributed by atoms with van der Waals surface area (Å²) in [7, 11) is 6.59. The number of nitrogens with two attached hydrogens (primary N) is 2. The van der Waals surface area contributed by atoms with E-state index in [0.717, 1.165) is 33.4 Å². The van der Waals surface area contributed by atoms with Crippen molar-refractivity contribution in [3.05, 3.63) is 228 Å². The molecule has 9 aromatic rings. The molecule has 7 N–H and O–H groups in total. The van der Waals surface area contributed by atoms with Gasteiger partial charge in [-0.15, -0.1) is 0 Å². The minimum absolute atomic E-state index is 0.00604. The van der Waals surface area contributed by atoms with Crippen LogP contribution < -0.4 is 35.6 Å². The van der Waals surface area contributed by atoms with Crippen LogP contribution in [0.25, 0.3) is 32.7 Å². The highest BCUT2D eigenvalue weighted by Crippen LogP contribution is 2.47. The number of anilines is 3. The number of aliphatic hydroxyl groups excluding tert-OH is 3. The van der Waals surface area contributed by atoms with Gasteiger partial charge in [-0.2, -0.15) is 19.9 Å². The molecular formula is C82H84Cl3F3N16O10. The highest BCUT2D eigenvalue weighted by molar-refractivity contribution is 6.33. The van der Waals surface area contributed by atoms with E-state index in [2.05, 4.69) is 29.9 Å². The fourth-order valence-corrected chi connectivity index (χ4v) is 16.0. The molecule has 0 saturated carbocycles. The van der Waals surface area contributed by atoms with Gasteiger partial charge in [-0.05, 0) is 82.8 Å². The van der Waals surface area contributed by atoms with Crippen LogP contribution in [-0.2, 0) is 33.6 Å². The normalized spacial score (nSPS) is 17.3. The van der Waals surface area contributed by atoms with E-state index in [4.69, 9.17) is 55.7 Å². The Kier molecular flexibility index (Phi) is 24.5. The average Bonchev–Trinajstić information content (AvgIpc) is 0.755. The topological polar surface area (TPSA) is 320 Å². The van der Waals surface area contributed by atoms with Gasteiger partial charge in [0.1, 0.15) is 53.5 Å². The number of piperazine rings is 3. The lowest BCUT2D eigenvalue weighted by Crippen LogP contribution is -2.50. The highest BCUT2D eigenvalue weighted by Gasteiger charge is 2.36. The Morgan fingerprint density at radius 1 is 0.482 bits per heavy atom. The second-order valence-corrected chi connectivity index (χ2v) is 29.8. The van der Waals surface area contributed by atoms with Crippen molar-refractivity contribution in [1.29, 1.82) is 0 Å². The molecule has 6 aliphatic rings. The van der Waals surface area contributed by atoms with Gasteiger partial charge in [0.15, 0.2) is 17.5 Å². The van der Waals surface area contributed by atoms with Gasteiger partial charge < -0.3 is 75.5 Å². The Hall–Kier alpha value is -11.7. The lowest BCUT2D eigenvalue weighted by atomic mass is 9.82. The zero-order chi connectivity index (χ0) is 80.9. The number of carbonyl (C=O) groups is 5. The second-order valence-electron chi connectivity index (χ2n) is 28.5. The fraction of sp³-hybridized carbons (Fsp3) is 0.329. The molecule has 0 unspecified atom stereocenters. The number of primary amides is 2. The Morgan fingerprint density at radius 2 is 0.816 bits per heavy atom. The number of urea groups is 2. The number of ether oxygens (including phenoxy) is 2. The number of hydrogen-bond donors (Lipinski definition) is 5. The van der Waals surface area contributed by atoms with E-state index < -0.39 is 47.3 Å². The second kappa shape index (κ2) is 34.7. The number of allylic oxidation sites excluding steroid dienone is 7. The molecule has 3 fully saturated rings. The molecule has 114 heavy (non-hydrogen) atoms. The van der Waals surface area contributed by atoms with Gasteiger partial charge in [0, 0.05) is 192 Å². The number of fused-ring (bicyclic) bond motifs is 6. The fourth-order valence-electron chi connectivity index (χ4n) is 15.1. The lowest BCUT2D eigenvalue weighted by Gasteiger charge is -2.35. The van der Waals surface area contributed by atoms with Crippen molar-refractivity contribution < 1.29 is 61.9 Å². The van der Waals surface area contributed by atoms with Crippen molar-refractivity contribution in [3.63, 3.8) is 0 Å². The summed E-state index contributed by atoms with van der Waals surface area (Å²) in [5.41, 5.74) is 17.0. The monoisotopic (exact) mass is 1610 g/mol. The molecule has 0 bridgehead atoms. The predicted octanol–water partition coefficient (Wildman–Crippen LogP) is 12.0. The predicted molar refractivity (Wildman–Crippen MR) is 430 cm³/mol. The van der Waals surface area contributed by atoms with Crippen molar-refractivity contribution in [2.24, 2.45) is 11.5 Å². The van der Waals surface area contributed by atoms with Crippen molar-refractivity contribution in [2.45, 2.75) is 56.8 Å². The molecule has 26 nitrogen and oxygen atoms in total. The van der Waals surface area contributed by atoms with E-state index >= 15 is 13.2 Å². The maximum Gasteiger partial charge on any atom is 0.319 e. The van der Waals surface area contributed by atoms with Crippen LogP contribution in [0.15, 0.2) is 145 Å². The van der Waals surface area contributed by atoms with E-state index in [1.807, 2.05) is 94.4 Å². The molecule has 3 aliphatic heterocycles. The van der Waals surface area contributed by atoms with Gasteiger partial charge in [-0.1, -0.05) is 114 Å². The zero-order valence-electron chi connectivity index (χ0n) is 63.2. The molecular weight excluding hydrogens is 1530 g/mol. The van der Waals surface area contributed by atoms with E-state index in [9.17, 15) is 39.3 Å². The lowest BCUT2D eigenvalue weighted by molar-refractivity contribution is -0.130. The van der Waals surface area contributed by atoms with E-state index in [1.165, 1.54) is 25.9 Å². The summed E-state index contributed by atoms with van der Waals surface area (Å²) >= 11 is 20.2. The first kappa shape index (κ1) is 80.4. The van der Waals surface area contributed by atoms with Crippen LogP contribution in [0, 0.1) is 17.5 Å². The molecule has 3 atom stereocenters. The van der Waals surface area contributed by atoms with Crippen LogP contribution in [0.2, 0.25) is 15.1 Å². The smallest absolute Gasteiger partial charge is 0.319 e. The SMILES string of the molecule is C/C=C/C(=O)N1CCN(c2ncnc3c(F)c([C@@H]4C=C(O)Cc5ccccc54)c(Cl)cc23)CC1.CN(C)C(=O)CCOc1nc(N2CCN(C(N)=O)CC2)c2cc(Cl)c([C@@H]3C=C(O)Cc4ccccc43)c(F)c2n1.CN(C)C(=O)CCOc1nc(N2CCN(C(N)=O)CC2)c2cc(Cl)c([C@@H]3C=C(O)Cc4ccccc43)c(F)c2n1. The molecule has 0 spiro atoms. The molecule has 32 heteroatoms. The van der Waals surface area contributed by atoms with Gasteiger partial charge in [-0.3, -0.25) is 14.4 Å². The molecule has 594 valence electrons. The number of carbonyl (C=O) groups excluding carboxylic acids is 5. The average molecular weight is 1620 g/mol. The number of halogens is 6. The van der Waals surface area contributed by atoms with Crippen LogP contribution in [0.3, 0.4) is 0 Å². The summed E-state index contributed by atoms with van der Waals surface area (Å²) in [6, 6.07) is 26.5. The van der Waals surface area contributed by atoms with Gasteiger partial charge in [-0.25, -0.2) is 32.7 Å². The van der Waals surface area contributed by atoms with Crippen molar-refractivity contribution in [1.82, 2.24) is 54.4 Å². The minimum Gasteiger partial charge on any atom is -0.512 e. The Bertz CT molecular complexity index is 5160. The minimum atomic E-state index is -0.651. The molecule has 7 amide bonds. The molecule has 3 aliphatic carbocycles. The number of aliphatic hydroxyl groups is 3. The third-order valence-corrected chi connectivity index (χ3v) is 21.9. The summed E-state index contributed by atoms with van der Waals surface area (Å²) < 4.78 is 60.4. The first-order valence-corrected chi connectivity index (χ1v) is 38.2. The van der Waals surface area contributed by atoms with Gasteiger partial charge in [0.2, 0.25) is 17.7 Å². The van der Waals surface area contributed by atoms with Crippen LogP contribution in [0.1, 0.15) is 87.6 Å². The summed E-state index contributed by atoms with van der Waals surface area (Å²) in [6.45, 7) is 7.15. The number of rotatable bonds is 15. The summed E-state index contributed by atoms with van der Waals surface area (Å²) in [5, 5.41) is 33.1. The molecule has 3 saturated heterocycles. The molecule has 0 radical (unpaired) electrons. The highest BCUT2D eigenvalue weighted by atomic mass is 35.5. The van der Waals surface area contributed by atoms with Crippen LogP contribution in [0.5, 0.6) is 12.0 Å². The van der Waals surface area contributed by atoms with Gasteiger partial charge >= 0.3 is 24.1 Å².